The second kappa shape index (κ2) is 6.70. The summed E-state index contributed by atoms with van der Waals surface area (Å²) in [6, 6.07) is 11.2. The Morgan fingerprint density at radius 3 is 2.74 bits per heavy atom. The van der Waals surface area contributed by atoms with E-state index in [2.05, 4.69) is 31.2 Å². The van der Waals surface area contributed by atoms with Gasteiger partial charge in [-0.15, -0.1) is 0 Å². The number of rotatable bonds is 4. The number of carbonyl (C=O) groups excluding carboxylic acids is 1. The molecule has 1 aromatic heterocycles. The van der Waals surface area contributed by atoms with Gasteiger partial charge in [-0.1, -0.05) is 27.7 Å². The predicted molar refractivity (Wildman–Crippen MR) is 77.0 cm³/mol. The number of hydroxylamine groups is 1. The lowest BCUT2D eigenvalue weighted by Gasteiger charge is -2.07. The van der Waals surface area contributed by atoms with Crippen molar-refractivity contribution < 1.29 is 9.63 Å². The van der Waals surface area contributed by atoms with Crippen molar-refractivity contribution in [1.82, 2.24) is 10.5 Å². The number of halogens is 1. The minimum atomic E-state index is -0.310. The molecule has 19 heavy (non-hydrogen) atoms. The zero-order chi connectivity index (χ0) is 13.7. The summed E-state index contributed by atoms with van der Waals surface area (Å²) in [6.07, 6.45) is 1.66. The standard InChI is InChI=1S/C13H11BrN2O2S/c1-18-16-12(17)11-3-2-8-15-13(11)19-10-6-4-9(14)5-7-10/h2-8H,1H3,(H,16,17). The third kappa shape index (κ3) is 3.79. The molecule has 0 unspecified atom stereocenters. The number of nitrogens with one attached hydrogen (secondary N) is 1. The molecule has 0 bridgehead atoms. The monoisotopic (exact) mass is 338 g/mol. The molecule has 2 aromatic rings. The molecule has 1 aromatic carbocycles. The summed E-state index contributed by atoms with van der Waals surface area (Å²) < 4.78 is 1.01. The summed E-state index contributed by atoms with van der Waals surface area (Å²) in [6.45, 7) is 0. The quantitative estimate of drug-likeness (QED) is 0.869. The average molecular weight is 339 g/mol. The van der Waals surface area contributed by atoms with Gasteiger partial charge in [-0.25, -0.2) is 10.5 Å². The Balaban J connectivity index is 2.24. The third-order valence-electron chi connectivity index (χ3n) is 2.24. The lowest BCUT2D eigenvalue weighted by molar-refractivity contribution is 0.0534. The van der Waals surface area contributed by atoms with Gasteiger partial charge in [0, 0.05) is 15.6 Å². The summed E-state index contributed by atoms with van der Waals surface area (Å²) in [5.74, 6) is -0.310. The summed E-state index contributed by atoms with van der Waals surface area (Å²) in [4.78, 5) is 21.7. The number of amides is 1. The predicted octanol–water partition coefficient (Wildman–Crippen LogP) is 3.29. The van der Waals surface area contributed by atoms with Crippen molar-refractivity contribution in [3.05, 3.63) is 52.6 Å². The van der Waals surface area contributed by atoms with Crippen molar-refractivity contribution in [3.8, 4) is 0 Å². The van der Waals surface area contributed by atoms with Crippen LogP contribution in [0, 0.1) is 0 Å². The Kier molecular flexibility index (Phi) is 4.95. The van der Waals surface area contributed by atoms with Crippen molar-refractivity contribution in [2.75, 3.05) is 7.11 Å². The number of nitrogens with zero attached hydrogens (tertiary/aromatic N) is 1. The summed E-state index contributed by atoms with van der Waals surface area (Å²) >= 11 is 4.81. The Morgan fingerprint density at radius 2 is 2.05 bits per heavy atom. The molecule has 6 heteroatoms. The van der Waals surface area contributed by atoms with Gasteiger partial charge in [-0.3, -0.25) is 9.63 Å². The first-order valence-electron chi connectivity index (χ1n) is 5.42. The summed E-state index contributed by atoms with van der Waals surface area (Å²) in [5.41, 5.74) is 2.78. The minimum Gasteiger partial charge on any atom is -0.277 e. The lowest BCUT2D eigenvalue weighted by Crippen LogP contribution is -2.22. The molecule has 0 radical (unpaired) electrons. The number of hydrogen-bond donors (Lipinski definition) is 1. The van der Waals surface area contributed by atoms with Crippen LogP contribution in [-0.2, 0) is 4.84 Å². The molecule has 0 atom stereocenters. The van der Waals surface area contributed by atoms with E-state index in [0.717, 1.165) is 9.37 Å². The van der Waals surface area contributed by atoms with Gasteiger partial charge >= 0.3 is 0 Å². The third-order valence-corrected chi connectivity index (χ3v) is 3.79. The van der Waals surface area contributed by atoms with Crippen LogP contribution in [-0.4, -0.2) is 18.0 Å². The molecule has 4 nitrogen and oxygen atoms in total. The summed E-state index contributed by atoms with van der Waals surface area (Å²) in [7, 11) is 1.40. The average Bonchev–Trinajstić information content (AvgIpc) is 2.42. The van der Waals surface area contributed by atoms with E-state index in [1.54, 1.807) is 18.3 Å². The Hall–Kier alpha value is -1.37. The highest BCUT2D eigenvalue weighted by Gasteiger charge is 2.12. The second-order valence-corrected chi connectivity index (χ2v) is 5.53. The number of aromatic nitrogens is 1. The Morgan fingerprint density at radius 1 is 1.32 bits per heavy atom. The number of benzene rings is 1. The fourth-order valence-electron chi connectivity index (χ4n) is 1.41. The van der Waals surface area contributed by atoms with Crippen molar-refractivity contribution in [1.29, 1.82) is 0 Å². The maximum absolute atomic E-state index is 11.8. The van der Waals surface area contributed by atoms with E-state index in [9.17, 15) is 4.79 Å². The van der Waals surface area contributed by atoms with E-state index in [0.29, 0.717) is 10.6 Å². The van der Waals surface area contributed by atoms with Crippen LogP contribution < -0.4 is 5.48 Å². The zero-order valence-electron chi connectivity index (χ0n) is 10.1. The molecule has 0 saturated carbocycles. The van der Waals surface area contributed by atoms with Crippen LogP contribution in [0.2, 0.25) is 0 Å². The topological polar surface area (TPSA) is 51.2 Å². The molecule has 1 heterocycles. The van der Waals surface area contributed by atoms with Crippen molar-refractivity contribution >= 4 is 33.6 Å². The molecule has 0 saturated heterocycles. The van der Waals surface area contributed by atoms with E-state index >= 15 is 0 Å². The van der Waals surface area contributed by atoms with Gasteiger partial charge in [0.05, 0.1) is 12.7 Å². The molecule has 0 spiro atoms. The van der Waals surface area contributed by atoms with Gasteiger partial charge in [0.25, 0.3) is 5.91 Å². The first kappa shape index (κ1) is 14.0. The van der Waals surface area contributed by atoms with Gasteiger partial charge in [0.1, 0.15) is 5.03 Å². The largest absolute Gasteiger partial charge is 0.277 e. The smallest absolute Gasteiger partial charge is 0.277 e. The molecule has 1 amide bonds. The van der Waals surface area contributed by atoms with E-state index in [1.807, 2.05) is 24.3 Å². The van der Waals surface area contributed by atoms with E-state index in [1.165, 1.54) is 18.9 Å². The molecule has 0 aliphatic carbocycles. The Bertz CT molecular complexity index is 575. The van der Waals surface area contributed by atoms with Gasteiger partial charge in [0.2, 0.25) is 0 Å². The molecule has 0 aliphatic rings. The lowest BCUT2D eigenvalue weighted by atomic mass is 10.3. The first-order valence-corrected chi connectivity index (χ1v) is 7.03. The maximum Gasteiger partial charge on any atom is 0.277 e. The highest BCUT2D eigenvalue weighted by atomic mass is 79.9. The fourth-order valence-corrected chi connectivity index (χ4v) is 2.55. The van der Waals surface area contributed by atoms with Crippen LogP contribution in [0.5, 0.6) is 0 Å². The van der Waals surface area contributed by atoms with Crippen LogP contribution in [0.3, 0.4) is 0 Å². The van der Waals surface area contributed by atoms with Crippen LogP contribution in [0.25, 0.3) is 0 Å². The van der Waals surface area contributed by atoms with Crippen molar-refractivity contribution in [3.63, 3.8) is 0 Å². The molecule has 0 fully saturated rings. The van der Waals surface area contributed by atoms with Crippen LogP contribution in [0.1, 0.15) is 10.4 Å². The van der Waals surface area contributed by atoms with Gasteiger partial charge in [0.15, 0.2) is 0 Å². The van der Waals surface area contributed by atoms with Crippen LogP contribution in [0.4, 0.5) is 0 Å². The van der Waals surface area contributed by atoms with Gasteiger partial charge < -0.3 is 0 Å². The molecule has 98 valence electrons. The number of hydrogen-bond acceptors (Lipinski definition) is 4. The normalized spacial score (nSPS) is 10.2. The van der Waals surface area contributed by atoms with Gasteiger partial charge in [-0.05, 0) is 36.4 Å². The maximum atomic E-state index is 11.8. The molecular weight excluding hydrogens is 328 g/mol. The van der Waals surface area contributed by atoms with E-state index in [-0.39, 0.29) is 5.91 Å². The molecule has 1 N–H and O–H groups in total. The van der Waals surface area contributed by atoms with Crippen molar-refractivity contribution in [2.45, 2.75) is 9.92 Å². The molecule has 2 rings (SSSR count). The van der Waals surface area contributed by atoms with Crippen LogP contribution >= 0.6 is 27.7 Å². The first-order chi connectivity index (χ1) is 9.20. The number of pyridine rings is 1. The van der Waals surface area contributed by atoms with Gasteiger partial charge in [-0.2, -0.15) is 0 Å². The molecule has 0 aliphatic heterocycles. The van der Waals surface area contributed by atoms with Crippen LogP contribution in [0.15, 0.2) is 57.0 Å². The highest BCUT2D eigenvalue weighted by Crippen LogP contribution is 2.29. The second-order valence-electron chi connectivity index (χ2n) is 3.55. The summed E-state index contributed by atoms with van der Waals surface area (Å²) in [5, 5.41) is 0.638. The zero-order valence-corrected chi connectivity index (χ0v) is 12.5. The fraction of sp³-hybridized carbons (Fsp3) is 0.0769. The van der Waals surface area contributed by atoms with E-state index < -0.39 is 0 Å². The highest BCUT2D eigenvalue weighted by molar-refractivity contribution is 9.10. The minimum absolute atomic E-state index is 0.310. The molecular formula is C13H11BrN2O2S. The SMILES string of the molecule is CONC(=O)c1cccnc1Sc1ccc(Br)cc1. The van der Waals surface area contributed by atoms with E-state index in [4.69, 9.17) is 0 Å². The number of carbonyl (C=O) groups is 1. The Labute approximate surface area is 123 Å². The van der Waals surface area contributed by atoms with Crippen molar-refractivity contribution in [2.24, 2.45) is 0 Å².